The molecule has 4 unspecified atom stereocenters. The molecule has 0 bridgehead atoms. The average Bonchev–Trinajstić information content (AvgIpc) is 3.39. The Bertz CT molecular complexity index is 1750. The van der Waals surface area contributed by atoms with E-state index in [0.717, 1.165) is 16.7 Å². The second-order valence-corrected chi connectivity index (χ2v) is 10.7. The first-order chi connectivity index (χ1) is 21.4. The van der Waals surface area contributed by atoms with Crippen LogP contribution in [0.5, 0.6) is 0 Å². The SMILES string of the molecule is COC(=O)C1(C#N)C(c2ccc([N+](=O)[O-])cc2)C(C(=O)OC(c2ccccc2)c2ccccc2)N2C=Cc3ccccc3C21. The van der Waals surface area contributed by atoms with Crippen LogP contribution in [0.1, 0.15) is 45.9 Å². The van der Waals surface area contributed by atoms with Crippen LogP contribution in [0.4, 0.5) is 5.69 Å². The summed E-state index contributed by atoms with van der Waals surface area (Å²) in [7, 11) is 1.20. The van der Waals surface area contributed by atoms with Crippen LogP contribution < -0.4 is 0 Å². The van der Waals surface area contributed by atoms with Crippen molar-refractivity contribution in [2.45, 2.75) is 24.1 Å². The van der Waals surface area contributed by atoms with Gasteiger partial charge in [0.15, 0.2) is 11.5 Å². The van der Waals surface area contributed by atoms with E-state index in [-0.39, 0.29) is 5.69 Å². The van der Waals surface area contributed by atoms with E-state index in [1.165, 1.54) is 31.4 Å². The lowest BCUT2D eigenvalue weighted by molar-refractivity contribution is -0.384. The molecule has 4 aromatic carbocycles. The normalized spacial score (nSPS) is 21.6. The number of nitro benzene ring substituents is 1. The van der Waals surface area contributed by atoms with E-state index in [2.05, 4.69) is 6.07 Å². The second-order valence-electron chi connectivity index (χ2n) is 10.7. The Morgan fingerprint density at radius 1 is 0.909 bits per heavy atom. The van der Waals surface area contributed by atoms with E-state index >= 15 is 0 Å². The standard InChI is InChI=1S/C35H27N3O6/c1-43-34(40)35(22-36)29(24-16-18-27(19-17-24)38(41)42)30(37-21-20-23-10-8-9-15-28(23)32(35)37)33(39)44-31(25-11-4-2-5-12-25)26-13-6-3-7-14-26/h2-21,29-32H,1H3. The molecule has 218 valence electrons. The molecule has 4 atom stereocenters. The van der Waals surface area contributed by atoms with Gasteiger partial charge in [0.2, 0.25) is 0 Å². The number of ether oxygens (including phenoxy) is 2. The Kier molecular flexibility index (Phi) is 7.41. The van der Waals surface area contributed by atoms with Gasteiger partial charge in [-0.15, -0.1) is 0 Å². The van der Waals surface area contributed by atoms with Crippen molar-refractivity contribution in [1.82, 2.24) is 4.90 Å². The Hall–Kier alpha value is -5.75. The highest BCUT2D eigenvalue weighted by Crippen LogP contribution is 2.60. The summed E-state index contributed by atoms with van der Waals surface area (Å²) in [4.78, 5) is 41.1. The molecule has 0 amide bonds. The fourth-order valence-corrected chi connectivity index (χ4v) is 6.51. The van der Waals surface area contributed by atoms with E-state index in [1.807, 2.05) is 91.0 Å². The summed E-state index contributed by atoms with van der Waals surface area (Å²) in [5, 5.41) is 22.4. The quantitative estimate of drug-likeness (QED) is 0.145. The first-order valence-electron chi connectivity index (χ1n) is 14.0. The number of benzene rings is 4. The van der Waals surface area contributed by atoms with E-state index in [4.69, 9.17) is 9.47 Å². The average molecular weight is 586 g/mol. The van der Waals surface area contributed by atoms with Crippen molar-refractivity contribution in [2.24, 2.45) is 5.41 Å². The number of non-ortho nitro benzene ring substituents is 1. The number of carbonyl (C=O) groups excluding carboxylic acids is 2. The third kappa shape index (κ3) is 4.57. The van der Waals surface area contributed by atoms with Crippen LogP contribution in [-0.4, -0.2) is 34.9 Å². The second kappa shape index (κ2) is 11.5. The number of esters is 2. The topological polar surface area (TPSA) is 123 Å². The van der Waals surface area contributed by atoms with Gasteiger partial charge in [0.05, 0.1) is 24.1 Å². The molecule has 0 spiro atoms. The fourth-order valence-electron chi connectivity index (χ4n) is 6.51. The van der Waals surface area contributed by atoms with Crippen molar-refractivity contribution in [3.8, 4) is 6.07 Å². The number of rotatable bonds is 7. The van der Waals surface area contributed by atoms with E-state index < -0.39 is 46.4 Å². The molecule has 9 nitrogen and oxygen atoms in total. The van der Waals surface area contributed by atoms with E-state index in [1.54, 1.807) is 11.1 Å². The molecule has 0 N–H and O–H groups in total. The van der Waals surface area contributed by atoms with Gasteiger partial charge in [-0.3, -0.25) is 14.9 Å². The van der Waals surface area contributed by atoms with E-state index in [0.29, 0.717) is 11.1 Å². The number of nitrogens with zero attached hydrogens (tertiary/aromatic N) is 3. The van der Waals surface area contributed by atoms with Crippen LogP contribution in [0.2, 0.25) is 0 Å². The van der Waals surface area contributed by atoms with Crippen molar-refractivity contribution in [1.29, 1.82) is 5.26 Å². The molecule has 44 heavy (non-hydrogen) atoms. The van der Waals surface area contributed by atoms with Gasteiger partial charge in [-0.25, -0.2) is 4.79 Å². The smallest absolute Gasteiger partial charge is 0.330 e. The van der Waals surface area contributed by atoms with Crippen molar-refractivity contribution < 1.29 is 24.0 Å². The number of hydrogen-bond acceptors (Lipinski definition) is 8. The van der Waals surface area contributed by atoms with Crippen molar-refractivity contribution >= 4 is 23.7 Å². The summed E-state index contributed by atoms with van der Waals surface area (Å²) in [6, 6.07) is 31.7. The maximum absolute atomic E-state index is 14.6. The third-order valence-corrected chi connectivity index (χ3v) is 8.43. The summed E-state index contributed by atoms with van der Waals surface area (Å²) in [6.45, 7) is 0. The van der Waals surface area contributed by atoms with Crippen LogP contribution >= 0.6 is 0 Å². The molecule has 4 aromatic rings. The molecule has 2 aliphatic rings. The minimum absolute atomic E-state index is 0.164. The molecule has 1 fully saturated rings. The number of nitro groups is 1. The summed E-state index contributed by atoms with van der Waals surface area (Å²) in [5.41, 5.74) is 1.26. The van der Waals surface area contributed by atoms with E-state index in [9.17, 15) is 25.0 Å². The van der Waals surface area contributed by atoms with Crippen LogP contribution in [-0.2, 0) is 19.1 Å². The maximum atomic E-state index is 14.6. The summed E-state index contributed by atoms with van der Waals surface area (Å²) >= 11 is 0. The number of fused-ring (bicyclic) bond motifs is 3. The third-order valence-electron chi connectivity index (χ3n) is 8.43. The van der Waals surface area contributed by atoms with Gasteiger partial charge in [-0.2, -0.15) is 5.26 Å². The van der Waals surface area contributed by atoms with Crippen molar-refractivity contribution in [3.05, 3.63) is 153 Å². The monoisotopic (exact) mass is 585 g/mol. The first kappa shape index (κ1) is 28.4. The fraction of sp³-hybridized carbons (Fsp3) is 0.171. The summed E-state index contributed by atoms with van der Waals surface area (Å²) in [5.74, 6) is -2.59. The van der Waals surface area contributed by atoms with Crippen LogP contribution in [0.25, 0.3) is 6.08 Å². The van der Waals surface area contributed by atoms with Gasteiger partial charge in [-0.1, -0.05) is 97.1 Å². The summed E-state index contributed by atoms with van der Waals surface area (Å²) < 4.78 is 11.6. The minimum atomic E-state index is -1.91. The van der Waals surface area contributed by atoms with Crippen molar-refractivity contribution in [3.63, 3.8) is 0 Å². The number of methoxy groups -OCH3 is 1. The zero-order valence-corrected chi connectivity index (χ0v) is 23.6. The predicted molar refractivity (Wildman–Crippen MR) is 161 cm³/mol. The molecule has 2 heterocycles. The van der Waals surface area contributed by atoms with Gasteiger partial charge >= 0.3 is 11.9 Å². The van der Waals surface area contributed by atoms with Crippen LogP contribution in [0.15, 0.2) is 115 Å². The molecular formula is C35H27N3O6. The van der Waals surface area contributed by atoms with Crippen molar-refractivity contribution in [2.75, 3.05) is 7.11 Å². The Labute approximate surface area is 253 Å². The summed E-state index contributed by atoms with van der Waals surface area (Å²) in [6.07, 6.45) is 2.76. The first-order valence-corrected chi connectivity index (χ1v) is 14.0. The molecular weight excluding hydrogens is 558 g/mol. The molecule has 1 saturated heterocycles. The Morgan fingerprint density at radius 3 is 2.07 bits per heavy atom. The minimum Gasteiger partial charge on any atom is -0.468 e. The highest BCUT2D eigenvalue weighted by Gasteiger charge is 2.68. The van der Waals surface area contributed by atoms with Crippen LogP contribution in [0.3, 0.4) is 0 Å². The zero-order chi connectivity index (χ0) is 30.8. The molecule has 6 rings (SSSR count). The number of hydrogen-bond donors (Lipinski definition) is 0. The van der Waals surface area contributed by atoms with Crippen LogP contribution in [0, 0.1) is 26.9 Å². The highest BCUT2D eigenvalue weighted by molar-refractivity contribution is 5.90. The highest BCUT2D eigenvalue weighted by atomic mass is 16.6. The molecule has 0 saturated carbocycles. The molecule has 0 radical (unpaired) electrons. The predicted octanol–water partition coefficient (Wildman–Crippen LogP) is 6.10. The lowest BCUT2D eigenvalue weighted by atomic mass is 9.67. The van der Waals surface area contributed by atoms with Gasteiger partial charge in [-0.05, 0) is 33.9 Å². The molecule has 0 aromatic heterocycles. The van der Waals surface area contributed by atoms with Gasteiger partial charge < -0.3 is 14.4 Å². The largest absolute Gasteiger partial charge is 0.468 e. The molecule has 9 heteroatoms. The number of carbonyl (C=O) groups is 2. The molecule has 0 aliphatic carbocycles. The van der Waals surface area contributed by atoms with Gasteiger partial charge in [0.1, 0.15) is 6.04 Å². The zero-order valence-electron chi connectivity index (χ0n) is 23.6. The Balaban J connectivity index is 1.54. The number of nitriles is 1. The molecule has 2 aliphatic heterocycles. The Morgan fingerprint density at radius 2 is 1.50 bits per heavy atom. The van der Waals surface area contributed by atoms with Gasteiger partial charge in [0, 0.05) is 24.3 Å². The van der Waals surface area contributed by atoms with Gasteiger partial charge in [0.25, 0.3) is 5.69 Å². The lowest BCUT2D eigenvalue weighted by Crippen LogP contribution is -2.41. The maximum Gasteiger partial charge on any atom is 0.330 e. The lowest BCUT2D eigenvalue weighted by Gasteiger charge is -2.35.